The maximum atomic E-state index is 12.0. The molecule has 0 aliphatic heterocycles. The van der Waals surface area contributed by atoms with Gasteiger partial charge in [-0.25, -0.2) is 0 Å². The van der Waals surface area contributed by atoms with E-state index in [1.807, 2.05) is 22.8 Å². The molecule has 0 aliphatic rings. The van der Waals surface area contributed by atoms with Crippen molar-refractivity contribution in [1.29, 1.82) is 0 Å². The Hall–Kier alpha value is -1.83. The minimum absolute atomic E-state index is 0.0960. The molecular weight excluding hydrogens is 348 g/mol. The number of thioether (sulfide) groups is 1. The van der Waals surface area contributed by atoms with Crippen LogP contribution < -0.4 is 5.32 Å². The molecule has 0 fully saturated rings. The minimum atomic E-state index is -0.0960. The number of allylic oxidation sites excluding steroid dienone is 1. The molecule has 0 spiro atoms. The van der Waals surface area contributed by atoms with Gasteiger partial charge in [-0.15, -0.1) is 16.8 Å². The van der Waals surface area contributed by atoms with E-state index >= 15 is 0 Å². The summed E-state index contributed by atoms with van der Waals surface area (Å²) in [5, 5.41) is 12.3. The quantitative estimate of drug-likeness (QED) is 0.546. The van der Waals surface area contributed by atoms with Gasteiger partial charge < -0.3 is 14.6 Å². The van der Waals surface area contributed by atoms with Crippen molar-refractivity contribution >= 4 is 29.3 Å². The normalized spacial score (nSPS) is 10.6. The van der Waals surface area contributed by atoms with Gasteiger partial charge in [0.1, 0.15) is 6.61 Å². The predicted molar refractivity (Wildman–Crippen MR) is 95.0 cm³/mol. The molecule has 0 bridgehead atoms. The van der Waals surface area contributed by atoms with Gasteiger partial charge in [0.05, 0.1) is 5.75 Å². The number of carbonyl (C=O) groups is 1. The number of rotatable bonds is 9. The fourth-order valence-electron chi connectivity index (χ4n) is 1.99. The summed E-state index contributed by atoms with van der Waals surface area (Å²) >= 11 is 7.39. The van der Waals surface area contributed by atoms with E-state index in [1.165, 1.54) is 11.8 Å². The van der Waals surface area contributed by atoms with Crippen LogP contribution in [0.2, 0.25) is 5.02 Å². The lowest BCUT2D eigenvalue weighted by molar-refractivity contribution is -0.118. The van der Waals surface area contributed by atoms with Crippen LogP contribution in [-0.2, 0) is 29.2 Å². The summed E-state index contributed by atoms with van der Waals surface area (Å²) in [4.78, 5) is 12.0. The fraction of sp³-hybridized carbons (Fsp3) is 0.312. The molecule has 2 rings (SSSR count). The van der Waals surface area contributed by atoms with Crippen LogP contribution in [0.5, 0.6) is 0 Å². The average Bonchev–Trinajstić information content (AvgIpc) is 2.95. The lowest BCUT2D eigenvalue weighted by atomic mass is 10.2. The first-order chi connectivity index (χ1) is 11.7. The molecule has 0 aliphatic carbocycles. The summed E-state index contributed by atoms with van der Waals surface area (Å²) in [5.74, 6) is 0.852. The van der Waals surface area contributed by atoms with E-state index in [2.05, 4.69) is 22.1 Å². The molecule has 1 aromatic heterocycles. The highest BCUT2D eigenvalue weighted by atomic mass is 35.5. The van der Waals surface area contributed by atoms with Gasteiger partial charge in [-0.3, -0.25) is 4.79 Å². The Kier molecular flexibility index (Phi) is 7.30. The van der Waals surface area contributed by atoms with Gasteiger partial charge in [0.2, 0.25) is 5.91 Å². The van der Waals surface area contributed by atoms with Crippen LogP contribution in [0.25, 0.3) is 0 Å². The van der Waals surface area contributed by atoms with Gasteiger partial charge in [-0.1, -0.05) is 47.6 Å². The topological polar surface area (TPSA) is 69.0 Å². The van der Waals surface area contributed by atoms with Crippen LogP contribution in [0.15, 0.2) is 42.1 Å². The summed E-state index contributed by atoms with van der Waals surface area (Å²) < 4.78 is 6.97. The second-order valence-corrected chi connectivity index (χ2v) is 6.24. The fourth-order valence-corrected chi connectivity index (χ4v) is 2.99. The van der Waals surface area contributed by atoms with Crippen LogP contribution in [0.1, 0.15) is 11.4 Å². The zero-order valence-electron chi connectivity index (χ0n) is 13.4. The average molecular weight is 367 g/mol. The number of carbonyl (C=O) groups excluding carboxylic acids is 1. The molecule has 128 valence electrons. The highest BCUT2D eigenvalue weighted by Crippen LogP contribution is 2.18. The maximum Gasteiger partial charge on any atom is 0.230 e. The Morgan fingerprint density at radius 3 is 2.96 bits per heavy atom. The Bertz CT molecular complexity index is 705. The molecule has 1 aromatic carbocycles. The van der Waals surface area contributed by atoms with Crippen molar-refractivity contribution in [2.24, 2.45) is 0 Å². The Morgan fingerprint density at radius 1 is 1.46 bits per heavy atom. The highest BCUT2D eigenvalue weighted by Gasteiger charge is 2.13. The molecule has 8 heteroatoms. The predicted octanol–water partition coefficient (Wildman–Crippen LogP) is 2.67. The van der Waals surface area contributed by atoms with E-state index in [1.54, 1.807) is 19.3 Å². The number of amides is 1. The molecule has 0 saturated carbocycles. The summed E-state index contributed by atoms with van der Waals surface area (Å²) in [5.41, 5.74) is 0.884. The van der Waals surface area contributed by atoms with Gasteiger partial charge in [-0.05, 0) is 11.6 Å². The van der Waals surface area contributed by atoms with Crippen molar-refractivity contribution in [3.05, 3.63) is 53.3 Å². The summed E-state index contributed by atoms with van der Waals surface area (Å²) in [7, 11) is 1.60. The number of hydrogen-bond donors (Lipinski definition) is 1. The van der Waals surface area contributed by atoms with Gasteiger partial charge >= 0.3 is 0 Å². The second kappa shape index (κ2) is 9.46. The standard InChI is InChI=1S/C16H19ClN4O2S/c1-3-8-21-14(10-23-2)19-20-16(21)24-11-15(22)18-9-12-6-4-5-7-13(12)17/h3-7H,1,8-11H2,2H3,(H,18,22). The number of methoxy groups -OCH3 is 1. The molecule has 1 N–H and O–H groups in total. The molecule has 0 unspecified atom stereocenters. The summed E-state index contributed by atoms with van der Waals surface area (Å²) in [6, 6.07) is 7.42. The molecule has 1 heterocycles. The zero-order valence-corrected chi connectivity index (χ0v) is 14.9. The number of nitrogens with one attached hydrogen (secondary N) is 1. The number of benzene rings is 1. The molecular formula is C16H19ClN4O2S. The Morgan fingerprint density at radius 2 is 2.25 bits per heavy atom. The van der Waals surface area contributed by atoms with E-state index < -0.39 is 0 Å². The van der Waals surface area contributed by atoms with Crippen molar-refractivity contribution in [2.45, 2.75) is 24.9 Å². The van der Waals surface area contributed by atoms with Gasteiger partial charge in [0, 0.05) is 25.2 Å². The number of ether oxygens (including phenoxy) is 1. The van der Waals surface area contributed by atoms with E-state index in [-0.39, 0.29) is 11.7 Å². The third kappa shape index (κ3) is 5.09. The lowest BCUT2D eigenvalue weighted by Gasteiger charge is -2.08. The highest BCUT2D eigenvalue weighted by molar-refractivity contribution is 7.99. The number of aromatic nitrogens is 3. The minimum Gasteiger partial charge on any atom is -0.377 e. The first kappa shape index (κ1) is 18.5. The van der Waals surface area contributed by atoms with Crippen molar-refractivity contribution in [2.75, 3.05) is 12.9 Å². The largest absolute Gasteiger partial charge is 0.377 e. The van der Waals surface area contributed by atoms with Crippen LogP contribution >= 0.6 is 23.4 Å². The van der Waals surface area contributed by atoms with Gasteiger partial charge in [0.15, 0.2) is 11.0 Å². The van der Waals surface area contributed by atoms with Crippen LogP contribution in [-0.4, -0.2) is 33.5 Å². The Labute approximate surface area is 150 Å². The number of halogens is 1. The first-order valence-electron chi connectivity index (χ1n) is 7.30. The van der Waals surface area contributed by atoms with E-state index in [9.17, 15) is 4.79 Å². The molecule has 1 amide bonds. The van der Waals surface area contributed by atoms with Crippen LogP contribution in [0.3, 0.4) is 0 Å². The van der Waals surface area contributed by atoms with Crippen molar-refractivity contribution in [3.63, 3.8) is 0 Å². The second-order valence-electron chi connectivity index (χ2n) is 4.89. The van der Waals surface area contributed by atoms with Crippen LogP contribution in [0, 0.1) is 0 Å². The van der Waals surface area contributed by atoms with Crippen LogP contribution in [0.4, 0.5) is 0 Å². The van der Waals surface area contributed by atoms with Gasteiger partial charge in [-0.2, -0.15) is 0 Å². The molecule has 2 aromatic rings. The molecule has 24 heavy (non-hydrogen) atoms. The molecule has 0 atom stereocenters. The number of hydrogen-bond acceptors (Lipinski definition) is 5. The third-order valence-electron chi connectivity index (χ3n) is 3.14. The van der Waals surface area contributed by atoms with Crippen molar-refractivity contribution in [1.82, 2.24) is 20.1 Å². The molecule has 6 nitrogen and oxygen atoms in total. The van der Waals surface area contributed by atoms with E-state index in [4.69, 9.17) is 16.3 Å². The van der Waals surface area contributed by atoms with Crippen molar-refractivity contribution in [3.8, 4) is 0 Å². The van der Waals surface area contributed by atoms with E-state index in [0.717, 1.165) is 5.56 Å². The summed E-state index contributed by atoms with van der Waals surface area (Å²) in [6.07, 6.45) is 1.75. The maximum absolute atomic E-state index is 12.0. The Balaban J connectivity index is 1.89. The van der Waals surface area contributed by atoms with E-state index in [0.29, 0.717) is 35.7 Å². The number of nitrogens with zero attached hydrogens (tertiary/aromatic N) is 3. The molecule has 0 radical (unpaired) electrons. The zero-order chi connectivity index (χ0) is 17.4. The monoisotopic (exact) mass is 366 g/mol. The molecule has 0 saturated heterocycles. The third-order valence-corrected chi connectivity index (χ3v) is 4.48. The lowest BCUT2D eigenvalue weighted by Crippen LogP contribution is -2.24. The van der Waals surface area contributed by atoms with Crippen molar-refractivity contribution < 1.29 is 9.53 Å². The smallest absolute Gasteiger partial charge is 0.230 e. The summed E-state index contributed by atoms with van der Waals surface area (Å²) in [6.45, 7) is 5.05. The van der Waals surface area contributed by atoms with Gasteiger partial charge in [0.25, 0.3) is 0 Å². The SMILES string of the molecule is C=CCn1c(COC)nnc1SCC(=O)NCc1ccccc1Cl. The first-order valence-corrected chi connectivity index (χ1v) is 8.67.